The Morgan fingerprint density at radius 2 is 1.71 bits per heavy atom. The summed E-state index contributed by atoms with van der Waals surface area (Å²) in [5, 5.41) is 9.50. The highest BCUT2D eigenvalue weighted by Crippen LogP contribution is 2.19. The van der Waals surface area contributed by atoms with Gasteiger partial charge in [-0.15, -0.1) is 0 Å². The van der Waals surface area contributed by atoms with Crippen molar-refractivity contribution in [3.8, 4) is 5.75 Å². The maximum absolute atomic E-state index is 12.9. The van der Waals surface area contributed by atoms with Crippen molar-refractivity contribution < 1.29 is 24.2 Å². The fraction of sp³-hybridized carbons (Fsp3) is 0.636. The SMILES string of the molecule is CCCCCCN(C(=O)OC(C)(C)C)[C@@H](Cc1ccc(O)cc1)C(=O)OCC. The van der Waals surface area contributed by atoms with Crippen LogP contribution in [-0.4, -0.2) is 46.9 Å². The lowest BCUT2D eigenvalue weighted by atomic mass is 10.0. The fourth-order valence-corrected chi connectivity index (χ4v) is 2.82. The van der Waals surface area contributed by atoms with E-state index in [1.54, 1.807) is 52.0 Å². The van der Waals surface area contributed by atoms with Crippen LogP contribution < -0.4 is 0 Å². The zero-order chi connectivity index (χ0) is 21.2. The van der Waals surface area contributed by atoms with E-state index in [0.29, 0.717) is 13.0 Å². The van der Waals surface area contributed by atoms with E-state index in [9.17, 15) is 14.7 Å². The first-order chi connectivity index (χ1) is 13.2. The van der Waals surface area contributed by atoms with Gasteiger partial charge >= 0.3 is 12.1 Å². The first-order valence-electron chi connectivity index (χ1n) is 10.1. The number of ether oxygens (including phenoxy) is 2. The average molecular weight is 394 g/mol. The van der Waals surface area contributed by atoms with Crippen LogP contribution in [0.5, 0.6) is 5.75 Å². The number of benzene rings is 1. The summed E-state index contributed by atoms with van der Waals surface area (Å²) in [6.45, 7) is 9.95. The van der Waals surface area contributed by atoms with E-state index in [0.717, 1.165) is 31.2 Å². The quantitative estimate of drug-likeness (QED) is 0.461. The highest BCUT2D eigenvalue weighted by molar-refractivity contribution is 5.82. The summed E-state index contributed by atoms with van der Waals surface area (Å²) in [6, 6.07) is 5.84. The number of phenolic OH excluding ortho intramolecular Hbond substituents is 1. The minimum atomic E-state index is -0.777. The molecule has 0 heterocycles. The summed E-state index contributed by atoms with van der Waals surface area (Å²) in [5.74, 6) is -0.295. The minimum absolute atomic E-state index is 0.153. The Kier molecular flexibility index (Phi) is 9.83. The summed E-state index contributed by atoms with van der Waals surface area (Å²) in [6.07, 6.45) is 3.71. The number of unbranched alkanes of at least 4 members (excludes halogenated alkanes) is 3. The number of carbonyl (C=O) groups excluding carboxylic acids is 2. The summed E-state index contributed by atoms with van der Waals surface area (Å²) >= 11 is 0. The summed E-state index contributed by atoms with van der Waals surface area (Å²) < 4.78 is 10.8. The van der Waals surface area contributed by atoms with Gasteiger partial charge in [-0.2, -0.15) is 0 Å². The Labute approximate surface area is 168 Å². The number of amides is 1. The Morgan fingerprint density at radius 1 is 1.07 bits per heavy atom. The molecule has 6 nitrogen and oxygen atoms in total. The molecular weight excluding hydrogens is 358 g/mol. The molecule has 0 aromatic heterocycles. The molecule has 1 aromatic rings. The molecule has 1 N–H and O–H groups in total. The van der Waals surface area contributed by atoms with Crippen LogP contribution in [0.1, 0.15) is 65.9 Å². The van der Waals surface area contributed by atoms with Crippen molar-refractivity contribution in [3.05, 3.63) is 29.8 Å². The van der Waals surface area contributed by atoms with Crippen LogP contribution in [0.15, 0.2) is 24.3 Å². The molecule has 0 fully saturated rings. The van der Waals surface area contributed by atoms with Crippen molar-refractivity contribution in [1.82, 2.24) is 4.90 Å². The van der Waals surface area contributed by atoms with Gasteiger partial charge in [0, 0.05) is 13.0 Å². The van der Waals surface area contributed by atoms with Gasteiger partial charge in [0.1, 0.15) is 17.4 Å². The number of rotatable bonds is 10. The highest BCUT2D eigenvalue weighted by Gasteiger charge is 2.33. The normalized spacial score (nSPS) is 12.3. The molecule has 1 atom stereocenters. The van der Waals surface area contributed by atoms with Gasteiger partial charge in [-0.3, -0.25) is 4.90 Å². The average Bonchev–Trinajstić information content (AvgIpc) is 2.60. The van der Waals surface area contributed by atoms with Crippen LogP contribution in [0, 0.1) is 0 Å². The molecule has 0 radical (unpaired) electrons. The molecule has 1 aromatic carbocycles. The first-order valence-corrected chi connectivity index (χ1v) is 10.1. The molecule has 28 heavy (non-hydrogen) atoms. The van der Waals surface area contributed by atoms with E-state index in [2.05, 4.69) is 6.92 Å². The molecular formula is C22H35NO5. The van der Waals surface area contributed by atoms with Crippen LogP contribution in [0.2, 0.25) is 0 Å². The van der Waals surface area contributed by atoms with Gasteiger partial charge in [0.25, 0.3) is 0 Å². The number of nitrogens with zero attached hydrogens (tertiary/aromatic N) is 1. The Morgan fingerprint density at radius 3 is 2.25 bits per heavy atom. The summed E-state index contributed by atoms with van der Waals surface area (Å²) in [5.41, 5.74) is 0.175. The molecule has 0 saturated carbocycles. The molecule has 6 heteroatoms. The predicted octanol–water partition coefficient (Wildman–Crippen LogP) is 4.68. The predicted molar refractivity (Wildman–Crippen MR) is 109 cm³/mol. The van der Waals surface area contributed by atoms with Crippen molar-refractivity contribution in [1.29, 1.82) is 0 Å². The van der Waals surface area contributed by atoms with Crippen molar-refractivity contribution in [2.75, 3.05) is 13.2 Å². The van der Waals surface area contributed by atoms with E-state index in [-0.39, 0.29) is 12.4 Å². The molecule has 158 valence electrons. The topological polar surface area (TPSA) is 76.1 Å². The molecule has 0 aliphatic carbocycles. The van der Waals surface area contributed by atoms with Gasteiger partial charge < -0.3 is 14.6 Å². The van der Waals surface area contributed by atoms with Gasteiger partial charge in [0.2, 0.25) is 0 Å². The van der Waals surface area contributed by atoms with Crippen molar-refractivity contribution in [2.45, 2.75) is 78.4 Å². The van der Waals surface area contributed by atoms with E-state index in [1.165, 1.54) is 4.90 Å². The molecule has 0 unspecified atom stereocenters. The number of phenols is 1. The number of carbonyl (C=O) groups is 2. The zero-order valence-electron chi connectivity index (χ0n) is 17.9. The molecule has 0 aliphatic rings. The van der Waals surface area contributed by atoms with Gasteiger partial charge in [0.05, 0.1) is 6.61 Å². The third-order valence-corrected chi connectivity index (χ3v) is 4.18. The lowest BCUT2D eigenvalue weighted by Crippen LogP contribution is -2.49. The lowest BCUT2D eigenvalue weighted by Gasteiger charge is -2.32. The smallest absolute Gasteiger partial charge is 0.411 e. The van der Waals surface area contributed by atoms with Gasteiger partial charge in [-0.1, -0.05) is 38.3 Å². The molecule has 1 amide bonds. The third kappa shape index (κ3) is 8.63. The van der Waals surface area contributed by atoms with Crippen LogP contribution >= 0.6 is 0 Å². The maximum Gasteiger partial charge on any atom is 0.411 e. The first kappa shape index (κ1) is 23.8. The van der Waals surface area contributed by atoms with Crippen LogP contribution in [0.3, 0.4) is 0 Å². The Hall–Kier alpha value is -2.24. The Bertz CT molecular complexity index is 606. The molecule has 1 rings (SSSR count). The number of aromatic hydroxyl groups is 1. The largest absolute Gasteiger partial charge is 0.508 e. The van der Waals surface area contributed by atoms with E-state index < -0.39 is 23.7 Å². The van der Waals surface area contributed by atoms with Crippen LogP contribution in [0.25, 0.3) is 0 Å². The van der Waals surface area contributed by atoms with Crippen molar-refractivity contribution >= 4 is 12.1 Å². The second-order valence-electron chi connectivity index (χ2n) is 7.87. The van der Waals surface area contributed by atoms with Gasteiger partial charge in [-0.05, 0) is 51.8 Å². The standard InChI is InChI=1S/C22H35NO5/c1-6-8-9-10-15-23(21(26)28-22(3,4)5)19(20(25)27-7-2)16-17-11-13-18(24)14-12-17/h11-14,19,24H,6-10,15-16H2,1-5H3/t19-/m0/s1. The van der Waals surface area contributed by atoms with Crippen LogP contribution in [-0.2, 0) is 20.7 Å². The number of hydrogen-bond donors (Lipinski definition) is 1. The van der Waals surface area contributed by atoms with Crippen molar-refractivity contribution in [3.63, 3.8) is 0 Å². The van der Waals surface area contributed by atoms with E-state index in [4.69, 9.17) is 9.47 Å². The van der Waals surface area contributed by atoms with E-state index in [1.807, 2.05) is 0 Å². The molecule has 0 bridgehead atoms. The molecule has 0 saturated heterocycles. The second-order valence-corrected chi connectivity index (χ2v) is 7.87. The third-order valence-electron chi connectivity index (χ3n) is 4.18. The Balaban J connectivity index is 3.08. The number of hydrogen-bond acceptors (Lipinski definition) is 5. The van der Waals surface area contributed by atoms with E-state index >= 15 is 0 Å². The van der Waals surface area contributed by atoms with Crippen molar-refractivity contribution in [2.24, 2.45) is 0 Å². The second kappa shape index (κ2) is 11.6. The lowest BCUT2D eigenvalue weighted by molar-refractivity contribution is -0.149. The van der Waals surface area contributed by atoms with Gasteiger partial charge in [0.15, 0.2) is 0 Å². The minimum Gasteiger partial charge on any atom is -0.508 e. The summed E-state index contributed by atoms with van der Waals surface area (Å²) in [7, 11) is 0. The molecule has 0 aliphatic heterocycles. The zero-order valence-corrected chi connectivity index (χ0v) is 17.9. The number of esters is 1. The maximum atomic E-state index is 12.9. The fourth-order valence-electron chi connectivity index (χ4n) is 2.82. The van der Waals surface area contributed by atoms with Crippen LogP contribution in [0.4, 0.5) is 4.79 Å². The monoisotopic (exact) mass is 393 g/mol. The highest BCUT2D eigenvalue weighted by atomic mass is 16.6. The van der Waals surface area contributed by atoms with Gasteiger partial charge in [-0.25, -0.2) is 9.59 Å². The molecule has 0 spiro atoms. The summed E-state index contributed by atoms with van der Waals surface area (Å²) in [4.78, 5) is 27.1.